The number of ether oxygens (including phenoxy) is 1. The van der Waals surface area contributed by atoms with Crippen molar-refractivity contribution in [3.05, 3.63) is 35.4 Å². The fourth-order valence-electron chi connectivity index (χ4n) is 2.45. The molecule has 1 aliphatic rings. The fourth-order valence-corrected chi connectivity index (χ4v) is 2.45. The normalized spacial score (nSPS) is 22.8. The average Bonchev–Trinajstić information content (AvgIpc) is 2.47. The Morgan fingerprint density at radius 3 is 2.76 bits per heavy atom. The van der Waals surface area contributed by atoms with E-state index in [1.54, 1.807) is 24.3 Å². The van der Waals surface area contributed by atoms with Gasteiger partial charge in [0, 0.05) is 12.2 Å². The lowest BCUT2D eigenvalue weighted by Gasteiger charge is -2.34. The largest absolute Gasteiger partial charge is 0.409 e. The Balaban J connectivity index is 1.93. The van der Waals surface area contributed by atoms with Crippen LogP contribution in [0.1, 0.15) is 30.9 Å². The predicted molar refractivity (Wildman–Crippen MR) is 79.3 cm³/mol. The van der Waals surface area contributed by atoms with Gasteiger partial charge in [0.2, 0.25) is 5.91 Å². The van der Waals surface area contributed by atoms with E-state index in [1.165, 1.54) is 0 Å². The van der Waals surface area contributed by atoms with Crippen LogP contribution in [0, 0.1) is 0 Å². The first kappa shape index (κ1) is 15.3. The number of oxime groups is 1. The molecule has 1 atom stereocenters. The van der Waals surface area contributed by atoms with Crippen LogP contribution in [0.15, 0.2) is 29.4 Å². The second kappa shape index (κ2) is 6.58. The zero-order chi connectivity index (χ0) is 15.3. The minimum absolute atomic E-state index is 0.0282. The van der Waals surface area contributed by atoms with Gasteiger partial charge in [-0.2, -0.15) is 0 Å². The lowest BCUT2D eigenvalue weighted by atomic mass is 9.94. The van der Waals surface area contributed by atoms with Crippen molar-refractivity contribution in [1.82, 2.24) is 5.32 Å². The molecular weight excluding hydrogens is 270 g/mol. The summed E-state index contributed by atoms with van der Waals surface area (Å²) in [7, 11) is 0. The topological polar surface area (TPSA) is 96.9 Å². The van der Waals surface area contributed by atoms with Gasteiger partial charge in [-0.25, -0.2) is 0 Å². The number of rotatable bonds is 4. The Hall–Kier alpha value is -2.08. The number of hydrogen-bond acceptors (Lipinski definition) is 4. The van der Waals surface area contributed by atoms with E-state index in [4.69, 9.17) is 15.7 Å². The van der Waals surface area contributed by atoms with Gasteiger partial charge in [0.1, 0.15) is 0 Å². The van der Waals surface area contributed by atoms with Crippen LogP contribution in [-0.4, -0.2) is 35.7 Å². The van der Waals surface area contributed by atoms with Crippen LogP contribution in [-0.2, 0) is 16.0 Å². The number of nitrogens with two attached hydrogens (primary N) is 1. The molecule has 4 N–H and O–H groups in total. The molecule has 1 aromatic rings. The standard InChI is InChI=1S/C15H21N3O3/c1-15(7-2-8-21-10-15)17-13(19)9-11-3-5-12(6-4-11)14(16)18-20/h3-6,20H,2,7-10H2,1H3,(H2,16,18)(H,17,19). The van der Waals surface area contributed by atoms with Crippen LogP contribution in [0.5, 0.6) is 0 Å². The average molecular weight is 291 g/mol. The van der Waals surface area contributed by atoms with Crippen molar-refractivity contribution >= 4 is 11.7 Å². The van der Waals surface area contributed by atoms with Gasteiger partial charge in [-0.3, -0.25) is 4.79 Å². The van der Waals surface area contributed by atoms with Crippen molar-refractivity contribution in [2.45, 2.75) is 31.7 Å². The Labute approximate surface area is 124 Å². The van der Waals surface area contributed by atoms with E-state index in [2.05, 4.69) is 10.5 Å². The highest BCUT2D eigenvalue weighted by Gasteiger charge is 2.29. The van der Waals surface area contributed by atoms with Crippen LogP contribution in [0.3, 0.4) is 0 Å². The number of amidine groups is 1. The molecule has 0 saturated carbocycles. The zero-order valence-corrected chi connectivity index (χ0v) is 12.1. The van der Waals surface area contributed by atoms with Crippen molar-refractivity contribution in [2.75, 3.05) is 13.2 Å². The van der Waals surface area contributed by atoms with Gasteiger partial charge in [-0.15, -0.1) is 0 Å². The number of hydrogen-bond donors (Lipinski definition) is 3. The number of nitrogens with zero attached hydrogens (tertiary/aromatic N) is 1. The van der Waals surface area contributed by atoms with Gasteiger partial charge in [0.25, 0.3) is 0 Å². The molecule has 1 amide bonds. The van der Waals surface area contributed by atoms with Crippen LogP contribution in [0.25, 0.3) is 0 Å². The maximum absolute atomic E-state index is 12.1. The van der Waals surface area contributed by atoms with Crippen molar-refractivity contribution in [3.63, 3.8) is 0 Å². The van der Waals surface area contributed by atoms with E-state index in [0.717, 1.165) is 25.0 Å². The first-order chi connectivity index (χ1) is 10.0. The molecule has 1 fully saturated rings. The number of benzene rings is 1. The maximum atomic E-state index is 12.1. The maximum Gasteiger partial charge on any atom is 0.224 e. The second-order valence-corrected chi connectivity index (χ2v) is 5.62. The summed E-state index contributed by atoms with van der Waals surface area (Å²) in [4.78, 5) is 12.1. The molecule has 114 valence electrons. The molecule has 0 aliphatic carbocycles. The van der Waals surface area contributed by atoms with Gasteiger partial charge >= 0.3 is 0 Å². The number of carbonyl (C=O) groups excluding carboxylic acids is 1. The molecule has 0 radical (unpaired) electrons. The Kier molecular flexibility index (Phi) is 4.80. The van der Waals surface area contributed by atoms with Crippen molar-refractivity contribution in [2.24, 2.45) is 10.9 Å². The van der Waals surface area contributed by atoms with Crippen LogP contribution in [0.4, 0.5) is 0 Å². The molecule has 0 bridgehead atoms. The minimum atomic E-state index is -0.275. The third kappa shape index (κ3) is 4.19. The smallest absolute Gasteiger partial charge is 0.224 e. The molecule has 1 unspecified atom stereocenters. The number of amides is 1. The van der Waals surface area contributed by atoms with E-state index in [-0.39, 0.29) is 17.3 Å². The van der Waals surface area contributed by atoms with E-state index < -0.39 is 0 Å². The third-order valence-corrected chi connectivity index (χ3v) is 3.60. The summed E-state index contributed by atoms with van der Waals surface area (Å²) in [5.74, 6) is 0.0254. The first-order valence-electron chi connectivity index (χ1n) is 6.98. The molecule has 1 saturated heterocycles. The van der Waals surface area contributed by atoms with Crippen molar-refractivity contribution < 1.29 is 14.7 Å². The van der Waals surface area contributed by atoms with Gasteiger partial charge in [0.05, 0.1) is 18.6 Å². The summed E-state index contributed by atoms with van der Waals surface area (Å²) in [5, 5.41) is 14.6. The van der Waals surface area contributed by atoms with Gasteiger partial charge in [-0.05, 0) is 25.3 Å². The summed E-state index contributed by atoms with van der Waals surface area (Å²) >= 11 is 0. The highest BCUT2D eigenvalue weighted by Crippen LogP contribution is 2.18. The summed E-state index contributed by atoms with van der Waals surface area (Å²) < 4.78 is 5.43. The summed E-state index contributed by atoms with van der Waals surface area (Å²) in [6, 6.07) is 7.05. The third-order valence-electron chi connectivity index (χ3n) is 3.60. The molecular formula is C15H21N3O3. The summed E-state index contributed by atoms with van der Waals surface area (Å²) in [6.07, 6.45) is 2.19. The molecule has 0 spiro atoms. The molecule has 1 heterocycles. The van der Waals surface area contributed by atoms with Crippen molar-refractivity contribution in [1.29, 1.82) is 0 Å². The molecule has 6 heteroatoms. The van der Waals surface area contributed by atoms with E-state index in [9.17, 15) is 4.79 Å². The highest BCUT2D eigenvalue weighted by molar-refractivity contribution is 5.97. The number of carbonyl (C=O) groups is 1. The predicted octanol–water partition coefficient (Wildman–Crippen LogP) is 1.01. The second-order valence-electron chi connectivity index (χ2n) is 5.62. The lowest BCUT2D eigenvalue weighted by molar-refractivity contribution is -0.124. The van der Waals surface area contributed by atoms with Gasteiger partial charge in [0.15, 0.2) is 5.84 Å². The summed E-state index contributed by atoms with van der Waals surface area (Å²) in [5.41, 5.74) is 6.72. The minimum Gasteiger partial charge on any atom is -0.409 e. The monoisotopic (exact) mass is 291 g/mol. The molecule has 1 aromatic carbocycles. The van der Waals surface area contributed by atoms with Crippen LogP contribution < -0.4 is 11.1 Å². The fraction of sp³-hybridized carbons (Fsp3) is 0.467. The molecule has 1 aliphatic heterocycles. The lowest BCUT2D eigenvalue weighted by Crippen LogP contribution is -2.52. The molecule has 2 rings (SSSR count). The number of nitrogens with one attached hydrogen (secondary N) is 1. The van der Waals surface area contributed by atoms with E-state index >= 15 is 0 Å². The van der Waals surface area contributed by atoms with Crippen molar-refractivity contribution in [3.8, 4) is 0 Å². The Bertz CT molecular complexity index is 519. The molecule has 21 heavy (non-hydrogen) atoms. The SMILES string of the molecule is CC1(NC(=O)Cc2ccc(/C(N)=N/O)cc2)CCCOC1. The van der Waals surface area contributed by atoms with E-state index in [1.807, 2.05) is 6.92 Å². The van der Waals surface area contributed by atoms with Gasteiger partial charge in [-0.1, -0.05) is 29.4 Å². The Morgan fingerprint density at radius 1 is 1.48 bits per heavy atom. The summed E-state index contributed by atoms with van der Waals surface area (Å²) in [6.45, 7) is 3.33. The quantitative estimate of drug-likeness (QED) is 0.334. The van der Waals surface area contributed by atoms with Crippen LogP contribution in [0.2, 0.25) is 0 Å². The van der Waals surface area contributed by atoms with Gasteiger partial charge < -0.3 is 21.0 Å². The zero-order valence-electron chi connectivity index (χ0n) is 12.1. The van der Waals surface area contributed by atoms with E-state index in [0.29, 0.717) is 18.6 Å². The molecule has 6 nitrogen and oxygen atoms in total. The first-order valence-corrected chi connectivity index (χ1v) is 6.98. The van der Waals surface area contributed by atoms with Crippen LogP contribution >= 0.6 is 0 Å². The Morgan fingerprint density at radius 2 is 2.19 bits per heavy atom. The molecule has 0 aromatic heterocycles. The highest BCUT2D eigenvalue weighted by atomic mass is 16.5.